The fourth-order valence-electron chi connectivity index (χ4n) is 1.51. The van der Waals surface area contributed by atoms with E-state index in [9.17, 15) is 0 Å². The molecule has 3 aromatic rings. The second-order valence-corrected chi connectivity index (χ2v) is 5.29. The summed E-state index contributed by atoms with van der Waals surface area (Å²) in [5.41, 5.74) is 23.0. The summed E-state index contributed by atoms with van der Waals surface area (Å²) in [7, 11) is 4.23. The number of nitrogen functional groups attached to an aromatic ring is 3. The van der Waals surface area contributed by atoms with Crippen molar-refractivity contribution in [3.63, 3.8) is 0 Å². The largest absolute Gasteiger partial charge is 0.382 e. The summed E-state index contributed by atoms with van der Waals surface area (Å²) < 4.78 is 5.33. The first-order chi connectivity index (χ1) is 14.3. The first-order valence-electron chi connectivity index (χ1n) is 8.00. The molecule has 0 spiro atoms. The third kappa shape index (κ3) is 16.9. The van der Waals surface area contributed by atoms with Gasteiger partial charge in [0.25, 0.3) is 0 Å². The van der Waals surface area contributed by atoms with Crippen LogP contribution in [0.4, 0.5) is 23.3 Å². The average molecular weight is 510 g/mol. The van der Waals surface area contributed by atoms with Crippen LogP contribution in [0.3, 0.4) is 0 Å². The minimum atomic E-state index is 0. The summed E-state index contributed by atoms with van der Waals surface area (Å²) in [6.07, 6.45) is 7.91. The Balaban J connectivity index is -0.000000349. The molecule has 0 amide bonds. The molecule has 0 radical (unpaired) electrons. The number of nitrogens with two attached hydrogens (primary N) is 4. The second-order valence-electron chi connectivity index (χ2n) is 5.00. The Labute approximate surface area is 222 Å². The Kier molecular flexibility index (Phi) is 24.0. The van der Waals surface area contributed by atoms with Gasteiger partial charge in [0, 0.05) is 62.6 Å². The molecule has 0 aliphatic heterocycles. The summed E-state index contributed by atoms with van der Waals surface area (Å²) in [6.45, 7) is 5.59. The quantitative estimate of drug-likeness (QED) is 0.256. The van der Waals surface area contributed by atoms with Crippen LogP contribution < -0.4 is 27.8 Å². The zero-order valence-electron chi connectivity index (χ0n) is 17.3. The van der Waals surface area contributed by atoms with Gasteiger partial charge in [-0.1, -0.05) is 9.39 Å². The SMILES string of the molecule is Cc1cnc(N)c(C)n1.Cc1cnc(N)c(NP)n1.N=S.NP.Nc1cnccn1.[Ar]. The van der Waals surface area contributed by atoms with Crippen LogP contribution in [-0.2, 0) is 12.4 Å². The van der Waals surface area contributed by atoms with Gasteiger partial charge in [-0.05, 0) is 30.2 Å². The first kappa shape index (κ1) is 34.2. The molecule has 0 aromatic carbocycles. The van der Waals surface area contributed by atoms with E-state index in [0.717, 1.165) is 17.1 Å². The van der Waals surface area contributed by atoms with Crippen LogP contribution in [0.5, 0.6) is 0 Å². The standard InChI is InChI=1S/C6H9N3.C5H9N4P.C4H5N3.Ar.H4NP.HNS/c1-4-3-8-6(7)5(2)9-4;1-3-2-7-4(6)5(8-3)9-10;5-4-3-6-1-2-7-4;;2*1-2/h3H,1-2H3,(H2,7,8);2H,10H2,1H3,(H2,6,7)(H,8,9);1-3H,(H2,5,7);;1-2H2;1H. The average Bonchev–Trinajstić information content (AvgIpc) is 2.77. The van der Waals surface area contributed by atoms with Crippen LogP contribution in [0.2, 0.25) is 0 Å². The number of hydrogen-bond donors (Lipinski definition) is 6. The van der Waals surface area contributed by atoms with E-state index in [0.29, 0.717) is 23.3 Å². The normalized spacial score (nSPS) is 8.06. The molecule has 2 unspecified atom stereocenters. The zero-order chi connectivity index (χ0) is 23.5. The Bertz CT molecular complexity index is 847. The zero-order valence-corrected chi connectivity index (χ0v) is 21.1. The van der Waals surface area contributed by atoms with E-state index in [4.69, 9.17) is 22.0 Å². The predicted molar refractivity (Wildman–Crippen MR) is 131 cm³/mol. The molecular weight excluding hydrogens is 482 g/mol. The van der Waals surface area contributed by atoms with Crippen molar-refractivity contribution in [3.8, 4) is 0 Å². The first-order valence-corrected chi connectivity index (χ1v) is 9.65. The van der Waals surface area contributed by atoms with Crippen LogP contribution in [0.15, 0.2) is 31.0 Å². The van der Waals surface area contributed by atoms with Crippen LogP contribution in [-0.4, -0.2) is 29.9 Å². The van der Waals surface area contributed by atoms with Crippen LogP contribution >= 0.6 is 18.8 Å². The molecule has 3 heterocycles. The molecule has 31 heavy (non-hydrogen) atoms. The molecule has 2 atom stereocenters. The monoisotopic (exact) mass is 510 g/mol. The number of nitrogens with one attached hydrogen (secondary N) is 2. The molecule has 3 rings (SSSR count). The van der Waals surface area contributed by atoms with Crippen molar-refractivity contribution in [2.45, 2.75) is 20.8 Å². The number of anilines is 4. The van der Waals surface area contributed by atoms with Crippen molar-refractivity contribution >= 4 is 54.5 Å². The minimum absolute atomic E-state index is 0. The van der Waals surface area contributed by atoms with Crippen molar-refractivity contribution in [1.29, 1.82) is 4.78 Å². The van der Waals surface area contributed by atoms with Gasteiger partial charge in [0.2, 0.25) is 0 Å². The molecule has 0 aliphatic rings. The van der Waals surface area contributed by atoms with Gasteiger partial charge in [-0.15, -0.1) is 0 Å². The Morgan fingerprint density at radius 3 is 1.68 bits per heavy atom. The predicted octanol–water partition coefficient (Wildman–Crippen LogP) is 1.33. The number of hydrogen-bond acceptors (Lipinski definition) is 13. The van der Waals surface area contributed by atoms with E-state index in [2.05, 4.69) is 62.3 Å². The third-order valence-electron chi connectivity index (χ3n) is 2.75. The summed E-state index contributed by atoms with van der Waals surface area (Å²) in [6, 6.07) is 0. The Morgan fingerprint density at radius 1 is 0.839 bits per heavy atom. The van der Waals surface area contributed by atoms with E-state index in [1.54, 1.807) is 24.8 Å². The van der Waals surface area contributed by atoms with Crippen molar-refractivity contribution in [2.24, 2.45) is 5.50 Å². The number of rotatable bonds is 1. The fraction of sp³-hybridized carbons (Fsp3) is 0.200. The molecule has 12 nitrogen and oxygen atoms in total. The molecule has 16 heteroatoms. The van der Waals surface area contributed by atoms with Gasteiger partial charge >= 0.3 is 0 Å². The topological polar surface area (TPSA) is 217 Å². The number of aromatic nitrogens is 6. The van der Waals surface area contributed by atoms with Gasteiger partial charge in [-0.2, -0.15) is 0 Å². The van der Waals surface area contributed by atoms with E-state index in [-0.39, 0.29) is 37.7 Å². The summed E-state index contributed by atoms with van der Waals surface area (Å²) in [4.78, 5) is 23.3. The third-order valence-corrected chi connectivity index (χ3v) is 3.02. The molecule has 0 bridgehead atoms. The maximum atomic E-state index is 5.45. The van der Waals surface area contributed by atoms with Gasteiger partial charge in [-0.3, -0.25) is 9.97 Å². The van der Waals surface area contributed by atoms with Gasteiger partial charge in [0.1, 0.15) is 11.6 Å². The molecule has 0 aliphatic carbocycles. The van der Waals surface area contributed by atoms with Gasteiger partial charge in [0.05, 0.1) is 35.7 Å². The fourth-order valence-corrected chi connectivity index (χ4v) is 1.72. The molecule has 10 N–H and O–H groups in total. The van der Waals surface area contributed by atoms with E-state index < -0.39 is 0 Å². The molecule has 3 aromatic heterocycles. The molecule has 172 valence electrons. The number of nitrogens with zero attached hydrogens (tertiary/aromatic N) is 6. The molecular formula is C15H28ArN12P2S. The van der Waals surface area contributed by atoms with E-state index in [1.807, 2.05) is 30.2 Å². The smallest absolute Gasteiger partial charge is 0.172 e. The summed E-state index contributed by atoms with van der Waals surface area (Å²) in [5, 5.41) is 2.75. The van der Waals surface area contributed by atoms with Crippen molar-refractivity contribution in [3.05, 3.63) is 48.1 Å². The van der Waals surface area contributed by atoms with Gasteiger partial charge in [-0.25, -0.2) is 24.7 Å². The molecule has 0 saturated carbocycles. The maximum absolute atomic E-state index is 5.45. The summed E-state index contributed by atoms with van der Waals surface area (Å²) >= 11 is 3.33. The van der Waals surface area contributed by atoms with Crippen molar-refractivity contribution < 1.29 is 37.7 Å². The number of aryl methyl sites for hydroxylation is 3. The van der Waals surface area contributed by atoms with Crippen LogP contribution in [0.25, 0.3) is 0 Å². The Morgan fingerprint density at radius 2 is 1.35 bits per heavy atom. The molecule has 0 fully saturated rings. The van der Waals surface area contributed by atoms with Gasteiger partial charge < -0.3 is 27.8 Å². The van der Waals surface area contributed by atoms with E-state index >= 15 is 0 Å². The molecule has 0 saturated heterocycles. The van der Waals surface area contributed by atoms with Crippen LogP contribution in [0, 0.1) is 63.3 Å². The minimum Gasteiger partial charge on any atom is -0.382 e. The van der Waals surface area contributed by atoms with Crippen LogP contribution in [0.1, 0.15) is 17.1 Å². The van der Waals surface area contributed by atoms with Gasteiger partial charge in [0.15, 0.2) is 11.6 Å². The second kappa shape index (κ2) is 21.8. The van der Waals surface area contributed by atoms with E-state index in [1.165, 1.54) is 6.20 Å². The van der Waals surface area contributed by atoms with Crippen molar-refractivity contribution in [1.82, 2.24) is 29.9 Å². The Hall–Kier alpha value is -1.46. The van der Waals surface area contributed by atoms with Crippen molar-refractivity contribution in [2.75, 3.05) is 22.3 Å². The summed E-state index contributed by atoms with van der Waals surface area (Å²) in [5.74, 6) is 1.99. The maximum Gasteiger partial charge on any atom is 0.172 e.